The number of methoxy groups -OCH3 is 3. The van der Waals surface area contributed by atoms with E-state index < -0.39 is 83.4 Å². The average molecular weight is 890 g/mol. The first-order chi connectivity index (χ1) is 26.9. The van der Waals surface area contributed by atoms with Crippen LogP contribution in [0.1, 0.15) is 76.4 Å². The molecule has 3 aromatic rings. The molecule has 19 heteroatoms. The van der Waals surface area contributed by atoms with Crippen molar-refractivity contribution in [2.75, 3.05) is 21.3 Å². The monoisotopic (exact) mass is 888 g/mol. The van der Waals surface area contributed by atoms with Gasteiger partial charge in [0.25, 0.3) is 0 Å². The first-order valence-corrected chi connectivity index (χ1v) is 21.7. The van der Waals surface area contributed by atoms with E-state index in [-0.39, 0.29) is 33.9 Å². The van der Waals surface area contributed by atoms with Crippen LogP contribution in [0.15, 0.2) is 53.0 Å². The Balaban J connectivity index is 2.09. The van der Waals surface area contributed by atoms with Crippen LogP contribution in [-0.2, 0) is 28.3 Å². The zero-order valence-electron chi connectivity index (χ0n) is 34.1. The number of benzene rings is 3. The van der Waals surface area contributed by atoms with Gasteiger partial charge < -0.3 is 49.2 Å². The second-order valence-electron chi connectivity index (χ2n) is 15.9. The lowest BCUT2D eigenvalue weighted by molar-refractivity contribution is -0.385. The van der Waals surface area contributed by atoms with Crippen LogP contribution in [0.2, 0.25) is 18.1 Å². The number of amides is 3. The van der Waals surface area contributed by atoms with Crippen LogP contribution in [0.4, 0.5) is 10.5 Å². The van der Waals surface area contributed by atoms with Crippen LogP contribution in [0.3, 0.4) is 0 Å². The van der Waals surface area contributed by atoms with E-state index in [9.17, 15) is 34.4 Å². The standard InChI is InChI=1S/C39H49BrN4O13Si/c1-38(2,3)56-37(49)43-30-22-18-25(45)33(53-8)28(19-22)55-27-15-13-21(17-24(27)44(50)51)32(57-58(10,11)39(4,5)6)31(36(48)54-9)42-34(46)29(41-35(30)47)20-12-14-26(52-7)23(40)16-20/h12-19,29-32,45H,1-11H3,(H,41,47)(H,42,46)(H,43,49)/t29-,30+,31+,32-/m0/s1. The van der Waals surface area contributed by atoms with Gasteiger partial charge in [-0.1, -0.05) is 32.9 Å². The quantitative estimate of drug-likeness (QED) is 0.0773. The molecule has 0 unspecified atom stereocenters. The fraction of sp³-hybridized carbons (Fsp3) is 0.436. The number of phenolic OH excluding ortho intramolecular Hbond substituents is 1. The van der Waals surface area contributed by atoms with Crippen LogP contribution in [-0.4, -0.2) is 75.2 Å². The predicted molar refractivity (Wildman–Crippen MR) is 216 cm³/mol. The number of halogens is 1. The van der Waals surface area contributed by atoms with Crippen molar-refractivity contribution < 1.29 is 57.3 Å². The van der Waals surface area contributed by atoms with Crippen molar-refractivity contribution in [1.29, 1.82) is 0 Å². The molecule has 2 aliphatic rings. The fourth-order valence-corrected chi connectivity index (χ4v) is 7.49. The van der Waals surface area contributed by atoms with Crippen LogP contribution in [0.5, 0.6) is 28.7 Å². The van der Waals surface area contributed by atoms with E-state index in [4.69, 9.17) is 28.1 Å². The normalized spacial score (nSPS) is 18.9. The number of ether oxygens (including phenoxy) is 5. The molecule has 4 atom stereocenters. The predicted octanol–water partition coefficient (Wildman–Crippen LogP) is 7.03. The lowest BCUT2D eigenvalue weighted by Crippen LogP contribution is -2.54. The van der Waals surface area contributed by atoms with Crippen molar-refractivity contribution in [3.05, 3.63) is 79.8 Å². The Bertz CT molecular complexity index is 2080. The van der Waals surface area contributed by atoms with E-state index in [0.29, 0.717) is 10.2 Å². The second kappa shape index (κ2) is 17.6. The SMILES string of the molecule is COC(=O)[C@@H]1NC(=O)[C@H](c2ccc(OC)c(Br)c2)NC(=O)[C@H](NC(=O)OC(C)(C)C)c2cc(O)c(OC)c(c2)Oc2ccc(cc2[N+](=O)[O-])[C@@H]1O[Si](C)(C)C(C)(C)C. The van der Waals surface area contributed by atoms with Crippen molar-refractivity contribution in [3.8, 4) is 28.7 Å². The largest absolute Gasteiger partial charge is 0.504 e. The lowest BCUT2D eigenvalue weighted by Gasteiger charge is -2.41. The Hall–Kier alpha value is -5.40. The van der Waals surface area contributed by atoms with Crippen molar-refractivity contribution in [3.63, 3.8) is 0 Å². The summed E-state index contributed by atoms with van der Waals surface area (Å²) in [6.07, 6.45) is -2.42. The molecule has 0 saturated carbocycles. The Kier molecular flexibility index (Phi) is 13.8. The van der Waals surface area contributed by atoms with E-state index in [1.807, 2.05) is 33.9 Å². The van der Waals surface area contributed by atoms with Gasteiger partial charge in [-0.15, -0.1) is 0 Å². The highest BCUT2D eigenvalue weighted by molar-refractivity contribution is 9.10. The Morgan fingerprint density at radius 2 is 1.55 bits per heavy atom. The van der Waals surface area contributed by atoms with E-state index in [1.165, 1.54) is 44.6 Å². The molecule has 0 fully saturated rings. The van der Waals surface area contributed by atoms with Gasteiger partial charge in [-0.25, -0.2) is 9.59 Å². The number of fused-ring (bicyclic) bond motifs is 9. The topological polar surface area (TPSA) is 223 Å². The first-order valence-electron chi connectivity index (χ1n) is 18.0. The van der Waals surface area contributed by atoms with Gasteiger partial charge in [0.1, 0.15) is 29.5 Å². The molecule has 3 aromatic carbocycles. The zero-order valence-corrected chi connectivity index (χ0v) is 36.7. The third-order valence-corrected chi connectivity index (χ3v) is 14.7. The van der Waals surface area contributed by atoms with Gasteiger partial charge >= 0.3 is 17.7 Å². The molecule has 2 heterocycles. The molecule has 17 nitrogen and oxygen atoms in total. The summed E-state index contributed by atoms with van der Waals surface area (Å²) >= 11 is 3.42. The summed E-state index contributed by atoms with van der Waals surface area (Å²) in [7, 11) is 0.897. The summed E-state index contributed by atoms with van der Waals surface area (Å²) in [5.41, 5.74) is -1.39. The number of hydrogen-bond acceptors (Lipinski definition) is 13. The highest BCUT2D eigenvalue weighted by Crippen LogP contribution is 2.46. The van der Waals surface area contributed by atoms with E-state index in [0.717, 1.165) is 19.2 Å². The molecule has 0 aliphatic carbocycles. The number of nitro benzene ring substituents is 1. The van der Waals surface area contributed by atoms with E-state index >= 15 is 0 Å². The number of nitrogens with one attached hydrogen (secondary N) is 3. The molecule has 314 valence electrons. The van der Waals surface area contributed by atoms with Gasteiger partial charge in [-0.3, -0.25) is 19.7 Å². The summed E-state index contributed by atoms with van der Waals surface area (Å²) in [6.45, 7) is 14.5. The molecule has 0 saturated heterocycles. The number of rotatable bonds is 8. The number of nitrogens with zero attached hydrogens (tertiary/aromatic N) is 1. The van der Waals surface area contributed by atoms with E-state index in [2.05, 4.69) is 31.9 Å². The summed E-state index contributed by atoms with van der Waals surface area (Å²) in [5.74, 6) is -3.90. The number of nitro groups is 1. The van der Waals surface area contributed by atoms with Gasteiger partial charge in [0.05, 0.1) is 30.7 Å². The number of alkyl carbamates (subject to hydrolysis) is 1. The number of carbonyl (C=O) groups is 4. The van der Waals surface area contributed by atoms with Crippen LogP contribution in [0.25, 0.3) is 0 Å². The van der Waals surface area contributed by atoms with Crippen LogP contribution >= 0.6 is 15.9 Å². The maximum absolute atomic E-state index is 14.7. The minimum Gasteiger partial charge on any atom is -0.504 e. The maximum Gasteiger partial charge on any atom is 0.408 e. The number of esters is 1. The van der Waals surface area contributed by atoms with Gasteiger partial charge in [0.2, 0.25) is 23.3 Å². The van der Waals surface area contributed by atoms with Gasteiger partial charge in [-0.2, -0.15) is 0 Å². The summed E-state index contributed by atoms with van der Waals surface area (Å²) in [4.78, 5) is 68.3. The summed E-state index contributed by atoms with van der Waals surface area (Å²) in [5, 5.41) is 31.3. The minimum absolute atomic E-state index is 0.103. The molecule has 4 N–H and O–H groups in total. The molecular weight excluding hydrogens is 840 g/mol. The average Bonchev–Trinajstić information content (AvgIpc) is 3.12. The molecule has 2 aliphatic heterocycles. The Morgan fingerprint density at radius 1 is 0.897 bits per heavy atom. The number of carbonyl (C=O) groups excluding carboxylic acids is 4. The van der Waals surface area contributed by atoms with E-state index in [1.54, 1.807) is 26.8 Å². The molecule has 4 bridgehead atoms. The van der Waals surface area contributed by atoms with Gasteiger partial charge in [0, 0.05) is 6.07 Å². The summed E-state index contributed by atoms with van der Waals surface area (Å²) < 4.78 is 34.6. The second-order valence-corrected chi connectivity index (χ2v) is 21.5. The molecule has 58 heavy (non-hydrogen) atoms. The third kappa shape index (κ3) is 10.4. The van der Waals surface area contributed by atoms with Crippen molar-refractivity contribution in [2.24, 2.45) is 0 Å². The van der Waals surface area contributed by atoms with Crippen molar-refractivity contribution in [2.45, 2.75) is 89.5 Å². The van der Waals surface area contributed by atoms with Crippen LogP contribution in [0, 0.1) is 10.1 Å². The lowest BCUT2D eigenvalue weighted by atomic mass is 9.98. The molecular formula is C39H49BrN4O13Si. The van der Waals surface area contributed by atoms with Crippen molar-refractivity contribution >= 4 is 53.8 Å². The zero-order chi connectivity index (χ0) is 43.5. The van der Waals surface area contributed by atoms with Gasteiger partial charge in [-0.05, 0) is 102 Å². The molecule has 5 rings (SSSR count). The van der Waals surface area contributed by atoms with Crippen molar-refractivity contribution in [1.82, 2.24) is 16.0 Å². The third-order valence-electron chi connectivity index (χ3n) is 9.59. The molecule has 0 radical (unpaired) electrons. The fourth-order valence-electron chi connectivity index (χ4n) is 5.67. The molecule has 0 spiro atoms. The number of aromatic hydroxyl groups is 1. The molecule has 0 aromatic heterocycles. The van der Waals surface area contributed by atoms with Crippen LogP contribution < -0.4 is 30.2 Å². The highest BCUT2D eigenvalue weighted by Gasteiger charge is 2.45. The highest BCUT2D eigenvalue weighted by atomic mass is 79.9. The maximum atomic E-state index is 14.7. The van der Waals surface area contributed by atoms with Gasteiger partial charge in [0.15, 0.2) is 25.9 Å². The smallest absolute Gasteiger partial charge is 0.408 e. The number of hydrogen-bond donors (Lipinski definition) is 4. The molecule has 3 amide bonds. The first kappa shape index (κ1) is 45.3. The minimum atomic E-state index is -2.88. The summed E-state index contributed by atoms with van der Waals surface area (Å²) in [6, 6.07) is 5.85. The number of phenols is 1. The Labute approximate surface area is 345 Å². The Morgan fingerprint density at radius 3 is 2.10 bits per heavy atom.